The Kier molecular flexibility index (Phi) is 7.36. The van der Waals surface area contributed by atoms with Crippen LogP contribution in [0.3, 0.4) is 0 Å². The molecule has 0 heterocycles. The van der Waals surface area contributed by atoms with Crippen LogP contribution < -0.4 is 0 Å². The van der Waals surface area contributed by atoms with Gasteiger partial charge in [-0.3, -0.25) is 0 Å². The molecule has 1 saturated carbocycles. The molecule has 0 aliphatic heterocycles. The second kappa shape index (κ2) is 7.97. The van der Waals surface area contributed by atoms with Crippen molar-refractivity contribution in [3.63, 3.8) is 0 Å². The van der Waals surface area contributed by atoms with Gasteiger partial charge in [0.05, 0.1) is 0 Å². The van der Waals surface area contributed by atoms with Gasteiger partial charge in [0.25, 0.3) is 0 Å². The number of ether oxygens (including phenoxy) is 1. The molecule has 3 heteroatoms. The van der Waals surface area contributed by atoms with Crippen molar-refractivity contribution in [1.29, 1.82) is 0 Å². The molecule has 1 fully saturated rings. The molecule has 0 aromatic rings. The first-order valence-electron chi connectivity index (χ1n) is 5.96. The predicted molar refractivity (Wildman–Crippen MR) is 73.1 cm³/mol. The van der Waals surface area contributed by atoms with E-state index in [4.69, 9.17) is 4.74 Å². The van der Waals surface area contributed by atoms with E-state index in [2.05, 4.69) is 27.7 Å². The van der Waals surface area contributed by atoms with Gasteiger partial charge in [0.1, 0.15) is 0 Å². The van der Waals surface area contributed by atoms with Crippen molar-refractivity contribution in [2.45, 2.75) is 38.5 Å². The number of alkyl halides is 1. The third-order valence-corrected chi connectivity index (χ3v) is 5.83. The second-order valence-electron chi connectivity index (χ2n) is 4.59. The lowest BCUT2D eigenvalue weighted by Gasteiger charge is -2.35. The summed E-state index contributed by atoms with van der Waals surface area (Å²) in [5, 5.41) is 1.19. The van der Waals surface area contributed by atoms with Gasteiger partial charge in [-0.1, -0.05) is 35.2 Å². The lowest BCUT2D eigenvalue weighted by molar-refractivity contribution is 0.200. The summed E-state index contributed by atoms with van der Waals surface area (Å²) in [6.45, 7) is 0.911. The fourth-order valence-corrected chi connectivity index (χ4v) is 4.52. The molecule has 15 heavy (non-hydrogen) atoms. The van der Waals surface area contributed by atoms with E-state index >= 15 is 0 Å². The highest BCUT2D eigenvalue weighted by Gasteiger charge is 2.30. The zero-order chi connectivity index (χ0) is 11.0. The van der Waals surface area contributed by atoms with E-state index in [1.807, 2.05) is 0 Å². The Bertz CT molecular complexity index is 158. The minimum absolute atomic E-state index is 0.607. The molecule has 1 aliphatic rings. The molecule has 0 aromatic carbocycles. The number of thioether (sulfide) groups is 1. The van der Waals surface area contributed by atoms with Gasteiger partial charge in [0.2, 0.25) is 0 Å². The van der Waals surface area contributed by atoms with Crippen LogP contribution in [0.5, 0.6) is 0 Å². The number of hydrogen-bond acceptors (Lipinski definition) is 2. The molecule has 0 aromatic heterocycles. The van der Waals surface area contributed by atoms with Crippen LogP contribution in [-0.4, -0.2) is 30.6 Å². The topological polar surface area (TPSA) is 9.23 Å². The molecule has 0 saturated heterocycles. The molecule has 1 nitrogen and oxygen atoms in total. The van der Waals surface area contributed by atoms with Crippen molar-refractivity contribution in [2.75, 3.05) is 30.6 Å². The van der Waals surface area contributed by atoms with Gasteiger partial charge < -0.3 is 4.74 Å². The van der Waals surface area contributed by atoms with Crippen LogP contribution in [0.1, 0.15) is 38.5 Å². The Morgan fingerprint density at radius 2 is 2.00 bits per heavy atom. The smallest absolute Gasteiger partial charge is 0.0470 e. The summed E-state index contributed by atoms with van der Waals surface area (Å²) in [5.74, 6) is 2.59. The maximum atomic E-state index is 5.06. The molecule has 0 atom stereocenters. The third kappa shape index (κ3) is 5.10. The fraction of sp³-hybridized carbons (Fsp3) is 1.00. The summed E-state index contributed by atoms with van der Waals surface area (Å²) >= 11 is 5.83. The summed E-state index contributed by atoms with van der Waals surface area (Å²) in [6.07, 6.45) is 8.36. The van der Waals surface area contributed by atoms with Gasteiger partial charge in [-0.25, -0.2) is 0 Å². The predicted octanol–water partition coefficient (Wildman–Crippen LogP) is 4.10. The van der Waals surface area contributed by atoms with E-state index in [1.54, 1.807) is 7.11 Å². The maximum absolute atomic E-state index is 5.06. The largest absolute Gasteiger partial charge is 0.385 e. The van der Waals surface area contributed by atoms with E-state index in [-0.39, 0.29) is 0 Å². The molecule has 0 radical (unpaired) electrons. The monoisotopic (exact) mass is 294 g/mol. The van der Waals surface area contributed by atoms with Gasteiger partial charge in [0.15, 0.2) is 0 Å². The summed E-state index contributed by atoms with van der Waals surface area (Å²) in [5.41, 5.74) is 0.607. The van der Waals surface area contributed by atoms with Gasteiger partial charge in [-0.15, -0.1) is 0 Å². The Balaban J connectivity index is 2.15. The van der Waals surface area contributed by atoms with E-state index in [0.29, 0.717) is 5.41 Å². The average Bonchev–Trinajstić information content (AvgIpc) is 2.30. The van der Waals surface area contributed by atoms with Crippen LogP contribution in [0.15, 0.2) is 0 Å². The SMILES string of the molecule is COCCCSCC1(CBr)CCCCC1. The quantitative estimate of drug-likeness (QED) is 0.516. The van der Waals surface area contributed by atoms with E-state index in [0.717, 1.165) is 6.61 Å². The van der Waals surface area contributed by atoms with Crippen molar-refractivity contribution < 1.29 is 4.74 Å². The molecule has 0 unspecified atom stereocenters. The van der Waals surface area contributed by atoms with Crippen molar-refractivity contribution in [3.05, 3.63) is 0 Å². The lowest BCUT2D eigenvalue weighted by atomic mass is 9.77. The summed E-state index contributed by atoms with van der Waals surface area (Å²) in [6, 6.07) is 0. The van der Waals surface area contributed by atoms with Gasteiger partial charge in [0, 0.05) is 19.0 Å². The Morgan fingerprint density at radius 3 is 2.60 bits per heavy atom. The first kappa shape index (κ1) is 13.9. The Hall–Kier alpha value is 0.790. The molecule has 0 bridgehead atoms. The van der Waals surface area contributed by atoms with Gasteiger partial charge >= 0.3 is 0 Å². The average molecular weight is 295 g/mol. The molecule has 90 valence electrons. The molecule has 1 aliphatic carbocycles. The summed E-state index contributed by atoms with van der Waals surface area (Å²) in [4.78, 5) is 0. The maximum Gasteiger partial charge on any atom is 0.0470 e. The molecule has 0 amide bonds. The first-order chi connectivity index (χ1) is 7.33. The van der Waals surface area contributed by atoms with E-state index < -0.39 is 0 Å². The molecule has 1 rings (SSSR count). The van der Waals surface area contributed by atoms with Crippen molar-refractivity contribution in [1.82, 2.24) is 0 Å². The Labute approximate surface area is 107 Å². The van der Waals surface area contributed by atoms with Crippen molar-refractivity contribution in [2.24, 2.45) is 5.41 Å². The van der Waals surface area contributed by atoms with E-state index in [9.17, 15) is 0 Å². The number of methoxy groups -OCH3 is 1. The molecular formula is C12H23BrOS. The number of halogens is 1. The first-order valence-corrected chi connectivity index (χ1v) is 8.23. The van der Waals surface area contributed by atoms with Crippen LogP contribution >= 0.6 is 27.7 Å². The third-order valence-electron chi connectivity index (χ3n) is 3.24. The van der Waals surface area contributed by atoms with Crippen LogP contribution in [0.2, 0.25) is 0 Å². The number of hydrogen-bond donors (Lipinski definition) is 0. The highest BCUT2D eigenvalue weighted by atomic mass is 79.9. The highest BCUT2D eigenvalue weighted by Crippen LogP contribution is 2.40. The van der Waals surface area contributed by atoms with Crippen molar-refractivity contribution >= 4 is 27.7 Å². The van der Waals surface area contributed by atoms with E-state index in [1.165, 1.54) is 55.4 Å². The standard InChI is InChI=1S/C12H23BrOS/c1-14-8-5-9-15-11-12(10-13)6-3-2-4-7-12/h2-11H2,1H3. The van der Waals surface area contributed by atoms with Crippen LogP contribution in [0.4, 0.5) is 0 Å². The molecule has 0 spiro atoms. The highest BCUT2D eigenvalue weighted by molar-refractivity contribution is 9.09. The minimum Gasteiger partial charge on any atom is -0.385 e. The van der Waals surface area contributed by atoms with Crippen molar-refractivity contribution in [3.8, 4) is 0 Å². The van der Waals surface area contributed by atoms with Crippen LogP contribution in [0, 0.1) is 5.41 Å². The summed E-state index contributed by atoms with van der Waals surface area (Å²) < 4.78 is 5.06. The normalized spacial score (nSPS) is 20.4. The molecule has 0 N–H and O–H groups in total. The van der Waals surface area contributed by atoms with Crippen LogP contribution in [-0.2, 0) is 4.74 Å². The minimum atomic E-state index is 0.607. The second-order valence-corrected chi connectivity index (χ2v) is 6.26. The van der Waals surface area contributed by atoms with Crippen LogP contribution in [0.25, 0.3) is 0 Å². The summed E-state index contributed by atoms with van der Waals surface area (Å²) in [7, 11) is 1.78. The molecular weight excluding hydrogens is 272 g/mol. The Morgan fingerprint density at radius 1 is 1.27 bits per heavy atom. The zero-order valence-electron chi connectivity index (χ0n) is 9.77. The number of rotatable bonds is 7. The fourth-order valence-electron chi connectivity index (χ4n) is 2.21. The van der Waals surface area contributed by atoms with Gasteiger partial charge in [-0.2, -0.15) is 11.8 Å². The van der Waals surface area contributed by atoms with Gasteiger partial charge in [-0.05, 0) is 36.2 Å². The lowest BCUT2D eigenvalue weighted by Crippen LogP contribution is -2.28. The zero-order valence-corrected chi connectivity index (χ0v) is 12.2.